The monoisotopic (exact) mass is 460 g/mol. The molecule has 0 N–H and O–H groups in total. The number of carbonyl (C=O) groups excluding carboxylic acids is 2. The van der Waals surface area contributed by atoms with Crippen molar-refractivity contribution >= 4 is 11.9 Å². The van der Waals surface area contributed by atoms with E-state index in [9.17, 15) is 44.7 Å². The highest BCUT2D eigenvalue weighted by atomic mass is 19.3. The molecule has 0 atom stereocenters. The summed E-state index contributed by atoms with van der Waals surface area (Å²) in [5, 5.41) is 0. The highest BCUT2D eigenvalue weighted by Crippen LogP contribution is 2.40. The molecule has 0 aromatic heterocycles. The van der Waals surface area contributed by atoms with E-state index in [4.69, 9.17) is 9.47 Å². The number of rotatable bonds is 6. The summed E-state index contributed by atoms with van der Waals surface area (Å²) >= 11 is 0. The van der Waals surface area contributed by atoms with Gasteiger partial charge in [0.15, 0.2) is 0 Å². The molecule has 2 aliphatic heterocycles. The molecular formula is C14H16F8N2O6. The summed E-state index contributed by atoms with van der Waals surface area (Å²) in [6.45, 7) is -4.29. The molecule has 0 aromatic carbocycles. The Morgan fingerprint density at radius 2 is 0.867 bits per heavy atom. The van der Waals surface area contributed by atoms with Crippen molar-refractivity contribution in [3.63, 3.8) is 0 Å². The van der Waals surface area contributed by atoms with Crippen LogP contribution in [0.5, 0.6) is 0 Å². The fraction of sp³-hybridized carbons (Fsp3) is 0.857. The highest BCUT2D eigenvalue weighted by Gasteiger charge is 2.69. The van der Waals surface area contributed by atoms with E-state index < -0.39 is 62.1 Å². The number of hydrogen-bond donors (Lipinski definition) is 0. The third-order valence-electron chi connectivity index (χ3n) is 4.28. The van der Waals surface area contributed by atoms with Crippen LogP contribution in [0.2, 0.25) is 0 Å². The first-order chi connectivity index (χ1) is 13.8. The summed E-state index contributed by atoms with van der Waals surface area (Å²) < 4.78 is 120. The van der Waals surface area contributed by atoms with Gasteiger partial charge in [-0.15, -0.1) is 0 Å². The van der Waals surface area contributed by atoms with Crippen LogP contribution >= 0.6 is 0 Å². The molecular weight excluding hydrogens is 444 g/mol. The second kappa shape index (κ2) is 8.76. The average molecular weight is 460 g/mol. The third kappa shape index (κ3) is 4.45. The van der Waals surface area contributed by atoms with Gasteiger partial charge < -0.3 is 9.47 Å². The quantitative estimate of drug-likeness (QED) is 0.253. The molecule has 2 heterocycles. The van der Waals surface area contributed by atoms with Crippen molar-refractivity contribution in [2.45, 2.75) is 23.9 Å². The lowest BCUT2D eigenvalue weighted by Gasteiger charge is -2.37. The Balaban J connectivity index is 2.03. The molecule has 8 nitrogen and oxygen atoms in total. The van der Waals surface area contributed by atoms with Gasteiger partial charge in [-0.25, -0.2) is 29.2 Å². The van der Waals surface area contributed by atoms with E-state index >= 15 is 0 Å². The van der Waals surface area contributed by atoms with Crippen molar-refractivity contribution in [3.05, 3.63) is 0 Å². The molecule has 30 heavy (non-hydrogen) atoms. The van der Waals surface area contributed by atoms with E-state index in [2.05, 4.69) is 9.78 Å². The Labute approximate surface area is 163 Å². The van der Waals surface area contributed by atoms with Crippen LogP contribution in [-0.2, 0) is 28.8 Å². The van der Waals surface area contributed by atoms with E-state index in [0.717, 1.165) is 0 Å². The fourth-order valence-corrected chi connectivity index (χ4v) is 2.51. The second-order valence-electron chi connectivity index (χ2n) is 6.17. The SMILES string of the molecule is O=C(OOC(=O)C(F)(F)C(F)(F)N1CCOCC1)C(F)(F)C(F)(F)N1CCOCC1. The van der Waals surface area contributed by atoms with Gasteiger partial charge in [-0.1, -0.05) is 0 Å². The van der Waals surface area contributed by atoms with Gasteiger partial charge in [0, 0.05) is 26.2 Å². The Bertz CT molecular complexity index is 584. The molecule has 2 rings (SSSR count). The van der Waals surface area contributed by atoms with Crippen LogP contribution in [0.25, 0.3) is 0 Å². The Kier molecular flexibility index (Phi) is 7.15. The van der Waals surface area contributed by atoms with Crippen LogP contribution in [0.3, 0.4) is 0 Å². The predicted molar refractivity (Wildman–Crippen MR) is 76.8 cm³/mol. The van der Waals surface area contributed by atoms with Crippen LogP contribution in [0.4, 0.5) is 35.1 Å². The van der Waals surface area contributed by atoms with E-state index in [1.54, 1.807) is 0 Å². The molecule has 174 valence electrons. The van der Waals surface area contributed by atoms with Crippen LogP contribution in [0.15, 0.2) is 0 Å². The normalized spacial score (nSPS) is 20.7. The summed E-state index contributed by atoms with van der Waals surface area (Å²) in [6.07, 6.45) is 0. The Morgan fingerprint density at radius 3 is 1.13 bits per heavy atom. The third-order valence-corrected chi connectivity index (χ3v) is 4.28. The summed E-state index contributed by atoms with van der Waals surface area (Å²) in [4.78, 5) is 28.5. The molecule has 16 heteroatoms. The maximum atomic E-state index is 13.9. The lowest BCUT2D eigenvalue weighted by atomic mass is 10.2. The molecule has 0 amide bonds. The minimum absolute atomic E-state index is 0.138. The van der Waals surface area contributed by atoms with Gasteiger partial charge >= 0.3 is 35.9 Å². The zero-order valence-corrected chi connectivity index (χ0v) is 15.0. The van der Waals surface area contributed by atoms with Crippen molar-refractivity contribution < 1.29 is 64.0 Å². The molecule has 0 radical (unpaired) electrons. The van der Waals surface area contributed by atoms with Gasteiger partial charge in [0.05, 0.1) is 26.4 Å². The first-order valence-electron chi connectivity index (χ1n) is 8.36. The standard InChI is InChI=1S/C14H16F8N2O6/c15-11(16,13(19,20)23-1-5-27-6-2-23)9(25)29-30-10(26)12(17,18)14(21,22)24-3-7-28-8-4-24/h1-8H2. The van der Waals surface area contributed by atoms with Gasteiger partial charge in [0.1, 0.15) is 0 Å². The summed E-state index contributed by atoms with van der Waals surface area (Å²) in [7, 11) is 0. The number of morpholine rings is 2. The van der Waals surface area contributed by atoms with E-state index in [0.29, 0.717) is 0 Å². The lowest BCUT2D eigenvalue weighted by molar-refractivity contribution is -0.339. The van der Waals surface area contributed by atoms with Gasteiger partial charge in [-0.2, -0.15) is 35.1 Å². The molecule has 0 aliphatic carbocycles. The molecule has 0 unspecified atom stereocenters. The Hall–Kier alpha value is -1.78. The molecule has 0 aromatic rings. The molecule has 0 saturated carbocycles. The topological polar surface area (TPSA) is 77.5 Å². The van der Waals surface area contributed by atoms with Crippen molar-refractivity contribution in [2.24, 2.45) is 0 Å². The van der Waals surface area contributed by atoms with Gasteiger partial charge in [-0.05, 0) is 0 Å². The van der Waals surface area contributed by atoms with E-state index in [-0.39, 0.29) is 36.2 Å². The number of alkyl halides is 8. The van der Waals surface area contributed by atoms with Crippen LogP contribution in [-0.4, -0.2) is 98.3 Å². The van der Waals surface area contributed by atoms with E-state index in [1.165, 1.54) is 0 Å². The van der Waals surface area contributed by atoms with Crippen molar-refractivity contribution in [1.82, 2.24) is 9.80 Å². The average Bonchev–Trinajstić information content (AvgIpc) is 2.72. The minimum Gasteiger partial charge on any atom is -0.379 e. The summed E-state index contributed by atoms with van der Waals surface area (Å²) in [5.41, 5.74) is 0. The zero-order chi connectivity index (χ0) is 22.8. The summed E-state index contributed by atoms with van der Waals surface area (Å²) in [5.74, 6) is -17.8. The maximum absolute atomic E-state index is 13.9. The predicted octanol–water partition coefficient (Wildman–Crippen LogP) is 1.11. The number of carbonyl (C=O) groups is 2. The lowest BCUT2D eigenvalue weighted by Crippen LogP contribution is -2.62. The zero-order valence-electron chi connectivity index (χ0n) is 15.0. The fourth-order valence-electron chi connectivity index (χ4n) is 2.51. The Morgan fingerprint density at radius 1 is 0.600 bits per heavy atom. The number of nitrogens with zero attached hydrogens (tertiary/aromatic N) is 2. The van der Waals surface area contributed by atoms with Crippen LogP contribution in [0, 0.1) is 0 Å². The molecule has 0 spiro atoms. The maximum Gasteiger partial charge on any atom is 0.432 e. The highest BCUT2D eigenvalue weighted by molar-refractivity contribution is 5.82. The van der Waals surface area contributed by atoms with Gasteiger partial charge in [-0.3, -0.25) is 0 Å². The molecule has 0 bridgehead atoms. The largest absolute Gasteiger partial charge is 0.432 e. The van der Waals surface area contributed by atoms with Crippen LogP contribution in [0.1, 0.15) is 0 Å². The summed E-state index contributed by atoms with van der Waals surface area (Å²) in [6, 6.07) is -10.3. The molecule has 2 aliphatic rings. The number of halogens is 8. The second-order valence-corrected chi connectivity index (χ2v) is 6.17. The number of hydrogen-bond acceptors (Lipinski definition) is 8. The first-order valence-corrected chi connectivity index (χ1v) is 8.36. The number of ether oxygens (including phenoxy) is 2. The van der Waals surface area contributed by atoms with Crippen LogP contribution < -0.4 is 0 Å². The smallest absolute Gasteiger partial charge is 0.379 e. The first kappa shape index (κ1) is 24.5. The molecule has 2 fully saturated rings. The van der Waals surface area contributed by atoms with Crippen molar-refractivity contribution in [3.8, 4) is 0 Å². The van der Waals surface area contributed by atoms with Crippen molar-refractivity contribution in [1.29, 1.82) is 0 Å². The minimum atomic E-state index is -5.66. The van der Waals surface area contributed by atoms with Gasteiger partial charge in [0.2, 0.25) is 0 Å². The van der Waals surface area contributed by atoms with E-state index in [1.807, 2.05) is 0 Å². The van der Waals surface area contributed by atoms with Gasteiger partial charge in [0.25, 0.3) is 0 Å². The molecule has 2 saturated heterocycles. The van der Waals surface area contributed by atoms with Crippen molar-refractivity contribution in [2.75, 3.05) is 52.6 Å².